The number of hydrogen-bond donors (Lipinski definition) is 1. The molecule has 0 atom stereocenters. The van der Waals surface area contributed by atoms with Crippen molar-refractivity contribution in [3.8, 4) is 16.9 Å². The van der Waals surface area contributed by atoms with Crippen LogP contribution in [0.25, 0.3) is 27.7 Å². The van der Waals surface area contributed by atoms with E-state index in [0.717, 1.165) is 27.6 Å². The number of rotatable bonds is 7. The van der Waals surface area contributed by atoms with Gasteiger partial charge in [-0.25, -0.2) is 0 Å². The van der Waals surface area contributed by atoms with E-state index in [0.29, 0.717) is 34.5 Å². The van der Waals surface area contributed by atoms with Crippen LogP contribution in [-0.4, -0.2) is 33.3 Å². The Kier molecular flexibility index (Phi) is 6.85. The average Bonchev–Trinajstić information content (AvgIpc) is 3.09. The van der Waals surface area contributed by atoms with E-state index in [-0.39, 0.29) is 5.91 Å². The molecule has 7 heteroatoms. The molecule has 1 amide bonds. The van der Waals surface area contributed by atoms with Crippen molar-refractivity contribution in [3.05, 3.63) is 58.3 Å². The first-order chi connectivity index (χ1) is 13.9. The number of halogens is 2. The highest BCUT2D eigenvalue weighted by Gasteiger charge is 2.16. The largest absolute Gasteiger partial charge is 0.496 e. The monoisotopic (exact) mass is 433 g/mol. The fraction of sp³-hybridized carbons (Fsp3) is 0.227. The number of furan rings is 1. The molecule has 0 aliphatic carbocycles. The summed E-state index contributed by atoms with van der Waals surface area (Å²) < 4.78 is 16.2. The number of nitrogens with one attached hydrogen (secondary N) is 1. The van der Waals surface area contributed by atoms with Gasteiger partial charge in [-0.05, 0) is 30.7 Å². The Morgan fingerprint density at radius 2 is 1.97 bits per heavy atom. The Hall–Kier alpha value is -2.47. The standard InChI is InChI=1S/C22H21Cl2NO4/c1-13(8-22(26)25-6-7-27-2)16-10-17-18(12-29-21(17)11-20(16)28-3)15-5-4-14(23)9-19(15)24/h4-5,8-12H,6-7H2,1-3H3,(H,25,26)/b13-8+. The van der Waals surface area contributed by atoms with Crippen molar-refractivity contribution in [2.24, 2.45) is 0 Å². The lowest BCUT2D eigenvalue weighted by atomic mass is 9.99. The first kappa shape index (κ1) is 21.2. The smallest absolute Gasteiger partial charge is 0.244 e. The SMILES string of the molecule is COCCNC(=O)/C=C(\C)c1cc2c(-c3ccc(Cl)cc3Cl)coc2cc1OC. The van der Waals surface area contributed by atoms with Gasteiger partial charge in [-0.2, -0.15) is 0 Å². The molecule has 1 aromatic heterocycles. The Morgan fingerprint density at radius 3 is 2.66 bits per heavy atom. The summed E-state index contributed by atoms with van der Waals surface area (Å²) in [4.78, 5) is 12.1. The molecule has 2 aromatic carbocycles. The predicted molar refractivity (Wildman–Crippen MR) is 117 cm³/mol. The van der Waals surface area contributed by atoms with Gasteiger partial charge in [0.1, 0.15) is 11.3 Å². The van der Waals surface area contributed by atoms with Crippen molar-refractivity contribution in [1.29, 1.82) is 0 Å². The van der Waals surface area contributed by atoms with Gasteiger partial charge in [-0.15, -0.1) is 0 Å². The van der Waals surface area contributed by atoms with Crippen LogP contribution in [0, 0.1) is 0 Å². The van der Waals surface area contributed by atoms with Gasteiger partial charge in [0.05, 0.1) is 25.0 Å². The highest BCUT2D eigenvalue weighted by molar-refractivity contribution is 6.36. The summed E-state index contributed by atoms with van der Waals surface area (Å²) in [6, 6.07) is 9.06. The minimum Gasteiger partial charge on any atom is -0.496 e. The van der Waals surface area contributed by atoms with Gasteiger partial charge in [0, 0.05) is 52.9 Å². The highest BCUT2D eigenvalue weighted by Crippen LogP contribution is 2.40. The zero-order valence-corrected chi connectivity index (χ0v) is 17.9. The van der Waals surface area contributed by atoms with Gasteiger partial charge in [-0.1, -0.05) is 29.3 Å². The van der Waals surface area contributed by atoms with Crippen LogP contribution in [0.2, 0.25) is 10.0 Å². The minimum atomic E-state index is -0.199. The molecule has 0 bridgehead atoms. The van der Waals surface area contributed by atoms with Crippen LogP contribution in [0.3, 0.4) is 0 Å². The van der Waals surface area contributed by atoms with Crippen molar-refractivity contribution in [3.63, 3.8) is 0 Å². The van der Waals surface area contributed by atoms with Crippen molar-refractivity contribution >= 4 is 45.7 Å². The average molecular weight is 434 g/mol. The molecule has 152 valence electrons. The van der Waals surface area contributed by atoms with E-state index in [1.165, 1.54) is 6.08 Å². The number of allylic oxidation sites excluding steroid dienone is 1. The van der Waals surface area contributed by atoms with Crippen molar-refractivity contribution < 1.29 is 18.7 Å². The van der Waals surface area contributed by atoms with Crippen LogP contribution in [0.15, 0.2) is 47.1 Å². The maximum Gasteiger partial charge on any atom is 0.244 e. The molecule has 3 aromatic rings. The van der Waals surface area contributed by atoms with Crippen molar-refractivity contribution in [1.82, 2.24) is 5.32 Å². The summed E-state index contributed by atoms with van der Waals surface area (Å²) in [6.07, 6.45) is 3.19. The molecule has 1 N–H and O–H groups in total. The third-order valence-electron chi connectivity index (χ3n) is 4.49. The molecule has 0 radical (unpaired) electrons. The third kappa shape index (κ3) is 4.75. The first-order valence-electron chi connectivity index (χ1n) is 8.94. The van der Waals surface area contributed by atoms with E-state index < -0.39 is 0 Å². The van der Waals surface area contributed by atoms with Crippen LogP contribution in [0.1, 0.15) is 12.5 Å². The van der Waals surface area contributed by atoms with Gasteiger partial charge < -0.3 is 19.2 Å². The van der Waals surface area contributed by atoms with Crippen LogP contribution < -0.4 is 10.1 Å². The maximum atomic E-state index is 12.1. The topological polar surface area (TPSA) is 60.7 Å². The molecule has 3 rings (SSSR count). The fourth-order valence-electron chi connectivity index (χ4n) is 3.05. The van der Waals surface area contributed by atoms with Crippen molar-refractivity contribution in [2.75, 3.05) is 27.4 Å². The number of amides is 1. The number of benzene rings is 2. The van der Waals surface area contributed by atoms with Crippen molar-refractivity contribution in [2.45, 2.75) is 6.92 Å². The minimum absolute atomic E-state index is 0.199. The summed E-state index contributed by atoms with van der Waals surface area (Å²) >= 11 is 12.4. The quantitative estimate of drug-likeness (QED) is 0.390. The number of carbonyl (C=O) groups is 1. The lowest BCUT2D eigenvalue weighted by molar-refractivity contribution is -0.116. The zero-order chi connectivity index (χ0) is 21.0. The lowest BCUT2D eigenvalue weighted by Gasteiger charge is -2.10. The second-order valence-corrected chi connectivity index (χ2v) is 7.28. The number of carbonyl (C=O) groups excluding carboxylic acids is 1. The molecule has 0 saturated carbocycles. The Morgan fingerprint density at radius 1 is 1.17 bits per heavy atom. The maximum absolute atomic E-state index is 12.1. The Bertz CT molecular complexity index is 1070. The summed E-state index contributed by atoms with van der Waals surface area (Å²) in [5.74, 6) is 0.411. The van der Waals surface area contributed by atoms with E-state index in [1.54, 1.807) is 38.7 Å². The molecular formula is C22H21Cl2NO4. The van der Waals surface area contributed by atoms with E-state index >= 15 is 0 Å². The molecular weight excluding hydrogens is 413 g/mol. The Labute approximate surface area is 179 Å². The molecule has 0 fully saturated rings. The zero-order valence-electron chi connectivity index (χ0n) is 16.3. The van der Waals surface area contributed by atoms with E-state index in [9.17, 15) is 4.79 Å². The predicted octanol–water partition coefficient (Wildman–Crippen LogP) is 5.58. The molecule has 1 heterocycles. The summed E-state index contributed by atoms with van der Waals surface area (Å²) in [7, 11) is 3.17. The van der Waals surface area contributed by atoms with E-state index in [4.69, 9.17) is 37.1 Å². The van der Waals surface area contributed by atoms with Gasteiger partial charge in [0.2, 0.25) is 5.91 Å². The summed E-state index contributed by atoms with van der Waals surface area (Å²) in [6.45, 7) is 2.75. The third-order valence-corrected chi connectivity index (χ3v) is 5.04. The van der Waals surface area contributed by atoms with Crippen LogP contribution in [-0.2, 0) is 9.53 Å². The molecule has 0 spiro atoms. The van der Waals surface area contributed by atoms with Gasteiger partial charge in [-0.3, -0.25) is 4.79 Å². The normalized spacial score (nSPS) is 11.7. The van der Waals surface area contributed by atoms with E-state index in [1.807, 2.05) is 19.1 Å². The van der Waals surface area contributed by atoms with Crippen LogP contribution in [0.5, 0.6) is 5.75 Å². The number of methoxy groups -OCH3 is 2. The molecule has 0 saturated heterocycles. The molecule has 5 nitrogen and oxygen atoms in total. The number of ether oxygens (including phenoxy) is 2. The Balaban J connectivity index is 2.04. The second kappa shape index (κ2) is 9.35. The molecule has 29 heavy (non-hydrogen) atoms. The van der Waals surface area contributed by atoms with Crippen LogP contribution in [0.4, 0.5) is 0 Å². The second-order valence-electron chi connectivity index (χ2n) is 6.43. The highest BCUT2D eigenvalue weighted by atomic mass is 35.5. The fourth-order valence-corrected chi connectivity index (χ4v) is 3.56. The van der Waals surface area contributed by atoms with Gasteiger partial charge >= 0.3 is 0 Å². The molecule has 0 aliphatic rings. The number of fused-ring (bicyclic) bond motifs is 1. The lowest BCUT2D eigenvalue weighted by Crippen LogP contribution is -2.25. The number of hydrogen-bond acceptors (Lipinski definition) is 4. The van der Waals surface area contributed by atoms with Gasteiger partial charge in [0.25, 0.3) is 0 Å². The van der Waals surface area contributed by atoms with Crippen LogP contribution >= 0.6 is 23.2 Å². The molecule has 0 unspecified atom stereocenters. The summed E-state index contributed by atoms with van der Waals surface area (Å²) in [5, 5.41) is 4.73. The van der Waals surface area contributed by atoms with E-state index in [2.05, 4.69) is 5.32 Å². The van der Waals surface area contributed by atoms with Gasteiger partial charge in [0.15, 0.2) is 0 Å². The first-order valence-corrected chi connectivity index (χ1v) is 9.70. The molecule has 0 aliphatic heterocycles. The summed E-state index contributed by atoms with van der Waals surface area (Å²) in [5.41, 5.74) is 3.85.